The number of hydrogen-bond acceptors (Lipinski definition) is 9. The van der Waals surface area contributed by atoms with Gasteiger partial charge in [-0.1, -0.05) is 334 Å². The Bertz CT molecular complexity index is 10800. The van der Waals surface area contributed by atoms with Crippen LogP contribution in [-0.4, -0.2) is 43.6 Å². The lowest BCUT2D eigenvalue weighted by atomic mass is 10.00. The van der Waals surface area contributed by atoms with Crippen molar-refractivity contribution in [3.8, 4) is 84.6 Å². The van der Waals surface area contributed by atoms with Crippen molar-refractivity contribution in [3.05, 3.63) is 491 Å². The minimum atomic E-state index is 0.840. The van der Waals surface area contributed by atoms with Gasteiger partial charge in [-0.15, -0.1) is 22.7 Å². The Labute approximate surface area is 865 Å². The van der Waals surface area contributed by atoms with Crippen molar-refractivity contribution < 1.29 is 4.42 Å². The van der Waals surface area contributed by atoms with Gasteiger partial charge in [-0.2, -0.15) is 0 Å². The van der Waals surface area contributed by atoms with Gasteiger partial charge in [-0.05, 0) is 222 Å². The molecule has 9 aromatic heterocycles. The Balaban J connectivity index is 0.000000101. The molecule has 0 saturated carbocycles. The summed E-state index contributed by atoms with van der Waals surface area (Å²) in [5, 5.41) is 29.9. The van der Waals surface area contributed by atoms with Crippen LogP contribution >= 0.6 is 22.7 Å². The zero-order valence-electron chi connectivity index (χ0n) is 80.5. The quantitative estimate of drug-likeness (QED) is 0.142. The Morgan fingerprint density at radius 1 is 0.167 bits per heavy atom. The lowest BCUT2D eigenvalue weighted by Crippen LogP contribution is -1.98. The zero-order valence-corrected chi connectivity index (χ0v) is 82.1. The van der Waals surface area contributed by atoms with Gasteiger partial charge in [0.1, 0.15) is 11.2 Å². The summed E-state index contributed by atoms with van der Waals surface area (Å²) in [4.78, 5) is 31.8. The van der Waals surface area contributed by atoms with E-state index in [9.17, 15) is 0 Å². The Morgan fingerprint density at radius 3 is 0.813 bits per heavy atom. The molecule has 0 N–H and O–H groups in total. The van der Waals surface area contributed by atoms with Crippen LogP contribution in [0.2, 0.25) is 0 Å². The van der Waals surface area contributed by atoms with Gasteiger partial charge in [0.15, 0.2) is 0 Å². The van der Waals surface area contributed by atoms with Crippen molar-refractivity contribution in [3.63, 3.8) is 0 Å². The van der Waals surface area contributed by atoms with Gasteiger partial charge in [-0.3, -0.25) is 0 Å². The Hall–Kier alpha value is -19.5. The predicted molar refractivity (Wildman–Crippen MR) is 632 cm³/mol. The molecule has 33 rings (SSSR count). The Morgan fingerprint density at radius 2 is 0.433 bits per heavy atom. The molecule has 0 radical (unpaired) electrons. The highest BCUT2D eigenvalue weighted by Gasteiger charge is 2.28. The fraction of sp³-hybridized carbons (Fsp3) is 0. The van der Waals surface area contributed by atoms with E-state index in [1.807, 2.05) is 83.3 Å². The summed E-state index contributed by atoms with van der Waals surface area (Å²) in [5.74, 6) is 0. The molecule has 0 spiro atoms. The zero-order chi connectivity index (χ0) is 98.3. The van der Waals surface area contributed by atoms with Crippen molar-refractivity contribution in [1.29, 1.82) is 0 Å². The van der Waals surface area contributed by atoms with E-state index in [1.54, 1.807) is 0 Å². The molecule has 0 amide bonds. The summed E-state index contributed by atoms with van der Waals surface area (Å²) in [6.07, 6.45) is 0. The SMILES string of the molecule is c1cc(-c2nc3ccccc3nc2-c2ccc3oc4ccccc4c3c2)cc(-n2c3ccc4ccccc4c3c3c4ccccc4ccc32)c1.c1cc(-c2nc3ccccc3nc2-c2ccc3sc4ccccc4c3c2)cc(-n2c3ccc4ccccc4c3c3c4ccccc4ccc32)c1.c1cc(-c2nc3ccccc3nc2-c2cccc3c2sc2ccccc23)cc(-n2c3ccc4ccccc4c3c3c4ccccc4ccc32)c1. The molecule has 10 nitrogen and oxygen atoms in total. The van der Waals surface area contributed by atoms with Crippen LogP contribution in [0.4, 0.5) is 0 Å². The Kier molecular flexibility index (Phi) is 19.3. The number of rotatable bonds is 9. The maximum atomic E-state index is 6.17. The molecule has 33 aromatic rings. The number of hydrogen-bond donors (Lipinski definition) is 0. The second kappa shape index (κ2) is 34.1. The number of aromatic nitrogens is 9. The van der Waals surface area contributed by atoms with Crippen molar-refractivity contribution in [2.75, 3.05) is 0 Å². The number of fused-ring (bicyclic) bond motifs is 33. The van der Waals surface area contributed by atoms with Crippen LogP contribution in [-0.2, 0) is 0 Å². The number of thiophene rings is 2. The number of nitrogens with zero attached hydrogens (tertiary/aromatic N) is 9. The molecule has 0 fully saturated rings. The van der Waals surface area contributed by atoms with E-state index in [-0.39, 0.29) is 0 Å². The normalized spacial score (nSPS) is 12.0. The average Bonchev–Trinajstić information content (AvgIpc) is 1.56. The molecule has 12 heteroatoms. The molecule has 0 aliphatic rings. The molecule has 24 aromatic carbocycles. The van der Waals surface area contributed by atoms with Crippen LogP contribution in [0.5, 0.6) is 0 Å². The number of para-hydroxylation sites is 7. The summed E-state index contributed by atoms with van der Waals surface area (Å²) in [5.41, 5.74) is 28.8. The average molecular weight is 1950 g/mol. The van der Waals surface area contributed by atoms with E-state index in [2.05, 4.69) is 444 Å². The van der Waals surface area contributed by atoms with Crippen molar-refractivity contribution in [2.24, 2.45) is 0 Å². The van der Waals surface area contributed by atoms with E-state index < -0.39 is 0 Å². The first-order valence-electron chi connectivity index (χ1n) is 50.7. The van der Waals surface area contributed by atoms with Crippen molar-refractivity contribution in [1.82, 2.24) is 43.6 Å². The summed E-state index contributed by atoms with van der Waals surface area (Å²) >= 11 is 3.66. The van der Waals surface area contributed by atoms with Gasteiger partial charge in [0, 0.05) is 134 Å². The van der Waals surface area contributed by atoms with E-state index in [4.69, 9.17) is 34.3 Å². The lowest BCUT2D eigenvalue weighted by Gasteiger charge is -2.14. The third kappa shape index (κ3) is 13.6. The van der Waals surface area contributed by atoms with Crippen LogP contribution in [0, 0.1) is 0 Å². The van der Waals surface area contributed by atoms with Gasteiger partial charge in [0.05, 0.1) is 100 Å². The summed E-state index contributed by atoms with van der Waals surface area (Å²) < 4.78 is 18.5. The number of benzene rings is 24. The fourth-order valence-corrected chi connectivity index (χ4v) is 26.0. The molecular formula is C138H81N9OS2. The largest absolute Gasteiger partial charge is 0.456 e. The van der Waals surface area contributed by atoms with Crippen LogP contribution < -0.4 is 0 Å². The van der Waals surface area contributed by atoms with E-state index in [0.717, 1.165) is 140 Å². The lowest BCUT2D eigenvalue weighted by molar-refractivity contribution is 0.669. The third-order valence-electron chi connectivity index (χ3n) is 30.4. The van der Waals surface area contributed by atoms with Gasteiger partial charge in [-0.25, -0.2) is 29.9 Å². The second-order valence-electron chi connectivity index (χ2n) is 38.9. The predicted octanol–water partition coefficient (Wildman–Crippen LogP) is 37.7. The molecule has 0 bridgehead atoms. The fourth-order valence-electron chi connectivity index (χ4n) is 23.7. The molecule has 0 aliphatic heterocycles. The van der Waals surface area contributed by atoms with Crippen LogP contribution in [0.15, 0.2) is 496 Å². The molecular weight excluding hydrogens is 1860 g/mol. The standard InChI is InChI=1S/C46H27N3O.2C46H27N3S/c1-3-14-33-28(10-1)20-23-39-43(33)44-34-15-4-2-11-29(34)21-24-40(44)49(39)32-13-9-12-30(26-32)45-46(48-38-18-7-6-17-37(38)47-45)31-22-25-42-36(27-31)35-16-5-8-19-41(35)50-42;1-3-15-32-28(11-1)23-25-39-42(32)43-33-16-4-2-12-29(33)24-26-40(43)49(39)31-14-9-13-30(27-31)44-45(48-38-21-7-6-20-37(38)47-44)36-19-10-18-35-34-17-5-8-22-41(34)50-46(35)36;1-3-14-33-28(10-1)20-23-39-43(33)44-34-15-4-2-11-29(34)21-24-40(44)49(39)32-13-9-12-30(26-32)45-46(48-38-18-7-6-17-37(38)47-45)31-22-25-42-36(27-31)35-16-5-8-19-41(35)50-42/h3*1-27H. The third-order valence-corrected chi connectivity index (χ3v) is 32.8. The van der Waals surface area contributed by atoms with Crippen molar-refractivity contribution in [2.45, 2.75) is 0 Å². The first-order chi connectivity index (χ1) is 74.4. The monoisotopic (exact) mass is 1940 g/mol. The van der Waals surface area contributed by atoms with Crippen LogP contribution in [0.1, 0.15) is 0 Å². The molecule has 0 unspecified atom stereocenters. The highest BCUT2D eigenvalue weighted by molar-refractivity contribution is 7.26. The smallest absolute Gasteiger partial charge is 0.135 e. The highest BCUT2D eigenvalue weighted by Crippen LogP contribution is 2.50. The highest BCUT2D eigenvalue weighted by atomic mass is 32.1. The van der Waals surface area contributed by atoms with Crippen molar-refractivity contribution >= 4 is 248 Å². The number of furan rings is 1. The van der Waals surface area contributed by atoms with Gasteiger partial charge >= 0.3 is 0 Å². The summed E-state index contributed by atoms with van der Waals surface area (Å²) in [6, 6.07) is 175. The maximum Gasteiger partial charge on any atom is 0.135 e. The minimum Gasteiger partial charge on any atom is -0.456 e. The molecule has 696 valence electrons. The topological polar surface area (TPSA) is 105 Å². The van der Waals surface area contributed by atoms with Gasteiger partial charge in [0.25, 0.3) is 0 Å². The molecule has 0 saturated heterocycles. The second-order valence-corrected chi connectivity index (χ2v) is 41.0. The van der Waals surface area contributed by atoms with Gasteiger partial charge < -0.3 is 18.1 Å². The first kappa shape index (κ1) is 85.0. The molecule has 150 heavy (non-hydrogen) atoms. The maximum absolute atomic E-state index is 6.17. The van der Waals surface area contributed by atoms with E-state index in [1.165, 1.54) is 170 Å². The summed E-state index contributed by atoms with van der Waals surface area (Å²) in [6.45, 7) is 0. The minimum absolute atomic E-state index is 0.840. The van der Waals surface area contributed by atoms with E-state index >= 15 is 0 Å². The summed E-state index contributed by atoms with van der Waals surface area (Å²) in [7, 11) is 0. The molecule has 9 heterocycles. The first-order valence-corrected chi connectivity index (χ1v) is 52.4. The van der Waals surface area contributed by atoms with E-state index in [0.29, 0.717) is 0 Å². The molecule has 0 aliphatic carbocycles. The van der Waals surface area contributed by atoms with Crippen LogP contribution in [0.25, 0.3) is 310 Å². The van der Waals surface area contributed by atoms with Crippen LogP contribution in [0.3, 0.4) is 0 Å². The molecule has 0 atom stereocenters. The van der Waals surface area contributed by atoms with Gasteiger partial charge in [0.2, 0.25) is 0 Å².